The van der Waals surface area contributed by atoms with Gasteiger partial charge in [-0.1, -0.05) is 37.2 Å². The molecule has 0 bridgehead atoms. The maximum Gasteiger partial charge on any atom is 0.258 e. The lowest BCUT2D eigenvalue weighted by Crippen LogP contribution is -2.28. The Kier molecular flexibility index (Phi) is 5.20. The topological polar surface area (TPSA) is 64.4 Å². The van der Waals surface area contributed by atoms with Crippen LogP contribution in [0.15, 0.2) is 28.8 Å². The Balaban J connectivity index is 1.83. The van der Waals surface area contributed by atoms with E-state index < -0.39 is 0 Å². The number of nitrogens with one attached hydrogen (secondary N) is 1. The van der Waals surface area contributed by atoms with Crippen LogP contribution in [-0.4, -0.2) is 17.7 Å². The number of rotatable bonds is 6. The van der Waals surface area contributed by atoms with Crippen molar-refractivity contribution in [2.75, 3.05) is 6.61 Å². The molecular formula is C17H22N2O3. The summed E-state index contributed by atoms with van der Waals surface area (Å²) in [4.78, 5) is 11.9. The van der Waals surface area contributed by atoms with E-state index >= 15 is 0 Å². The first-order valence-electron chi connectivity index (χ1n) is 7.38. The van der Waals surface area contributed by atoms with E-state index in [1.54, 1.807) is 0 Å². The largest absolute Gasteiger partial charge is 0.483 e. The average molecular weight is 302 g/mol. The summed E-state index contributed by atoms with van der Waals surface area (Å²) < 4.78 is 10.8. The third-order valence-corrected chi connectivity index (χ3v) is 3.38. The molecule has 0 unspecified atom stereocenters. The number of carbonyl (C=O) groups excluding carboxylic acids is 1. The number of carbonyl (C=O) groups is 1. The van der Waals surface area contributed by atoms with Gasteiger partial charge in [0.1, 0.15) is 5.75 Å². The minimum atomic E-state index is -0.190. The zero-order valence-electron chi connectivity index (χ0n) is 13.5. The van der Waals surface area contributed by atoms with Crippen LogP contribution in [0.4, 0.5) is 0 Å². The predicted octanol–water partition coefficient (Wildman–Crippen LogP) is 3.11. The predicted molar refractivity (Wildman–Crippen MR) is 83.8 cm³/mol. The number of ether oxygens (including phenoxy) is 1. The SMILES string of the molecule is Cc1cccc(C)c1OCC(=O)NCc1cc(C(C)C)no1. The first-order valence-corrected chi connectivity index (χ1v) is 7.38. The van der Waals surface area contributed by atoms with Crippen molar-refractivity contribution >= 4 is 5.91 Å². The van der Waals surface area contributed by atoms with Crippen molar-refractivity contribution in [2.45, 2.75) is 40.2 Å². The molecule has 2 rings (SSSR count). The molecule has 0 aliphatic rings. The van der Waals surface area contributed by atoms with Gasteiger partial charge in [0, 0.05) is 6.07 Å². The summed E-state index contributed by atoms with van der Waals surface area (Å²) >= 11 is 0. The Hall–Kier alpha value is -2.30. The molecule has 1 N–H and O–H groups in total. The third-order valence-electron chi connectivity index (χ3n) is 3.38. The van der Waals surface area contributed by atoms with Gasteiger partial charge in [0.05, 0.1) is 12.2 Å². The fourth-order valence-electron chi connectivity index (χ4n) is 2.09. The number of hydrogen-bond acceptors (Lipinski definition) is 4. The number of aromatic nitrogens is 1. The maximum absolute atomic E-state index is 11.9. The average Bonchev–Trinajstić information content (AvgIpc) is 2.93. The number of benzene rings is 1. The van der Waals surface area contributed by atoms with Gasteiger partial charge in [0.25, 0.3) is 5.91 Å². The highest BCUT2D eigenvalue weighted by atomic mass is 16.5. The molecule has 0 aliphatic heterocycles. The van der Waals surface area contributed by atoms with Crippen molar-refractivity contribution in [3.63, 3.8) is 0 Å². The molecule has 1 aromatic carbocycles. The smallest absolute Gasteiger partial charge is 0.258 e. The van der Waals surface area contributed by atoms with E-state index in [0.29, 0.717) is 18.2 Å². The molecule has 0 spiro atoms. The minimum absolute atomic E-state index is 0.0170. The molecule has 0 aliphatic carbocycles. The molecule has 2 aromatic rings. The Morgan fingerprint density at radius 2 is 2.00 bits per heavy atom. The Labute approximate surface area is 130 Å². The van der Waals surface area contributed by atoms with Crippen molar-refractivity contribution in [3.05, 3.63) is 46.8 Å². The fraction of sp³-hybridized carbons (Fsp3) is 0.412. The molecule has 5 nitrogen and oxygen atoms in total. The van der Waals surface area contributed by atoms with Gasteiger partial charge in [0.2, 0.25) is 0 Å². The van der Waals surface area contributed by atoms with Crippen molar-refractivity contribution < 1.29 is 14.1 Å². The van der Waals surface area contributed by atoms with Gasteiger partial charge >= 0.3 is 0 Å². The van der Waals surface area contributed by atoms with Crippen LogP contribution in [0.2, 0.25) is 0 Å². The number of nitrogens with zero attached hydrogens (tertiary/aromatic N) is 1. The first kappa shape index (κ1) is 16.1. The monoisotopic (exact) mass is 302 g/mol. The van der Waals surface area contributed by atoms with Gasteiger partial charge in [-0.25, -0.2) is 0 Å². The van der Waals surface area contributed by atoms with Crippen LogP contribution in [0.25, 0.3) is 0 Å². The second-order valence-electron chi connectivity index (χ2n) is 5.66. The molecule has 1 heterocycles. The lowest BCUT2D eigenvalue weighted by atomic mass is 10.1. The Morgan fingerprint density at radius 1 is 1.32 bits per heavy atom. The van der Waals surface area contributed by atoms with Crippen LogP contribution in [0, 0.1) is 13.8 Å². The molecule has 0 fully saturated rings. The minimum Gasteiger partial charge on any atom is -0.483 e. The molecule has 0 radical (unpaired) electrons. The summed E-state index contributed by atoms with van der Waals surface area (Å²) in [5, 5.41) is 6.72. The highest BCUT2D eigenvalue weighted by Crippen LogP contribution is 2.22. The van der Waals surface area contributed by atoms with E-state index in [0.717, 1.165) is 22.6 Å². The van der Waals surface area contributed by atoms with Crippen LogP contribution < -0.4 is 10.1 Å². The van der Waals surface area contributed by atoms with Gasteiger partial charge in [-0.3, -0.25) is 4.79 Å². The summed E-state index contributed by atoms with van der Waals surface area (Å²) in [7, 11) is 0. The van der Waals surface area contributed by atoms with Gasteiger partial charge in [0.15, 0.2) is 12.4 Å². The lowest BCUT2D eigenvalue weighted by molar-refractivity contribution is -0.123. The van der Waals surface area contributed by atoms with Crippen LogP contribution >= 0.6 is 0 Å². The zero-order chi connectivity index (χ0) is 16.1. The number of para-hydroxylation sites is 1. The molecule has 118 valence electrons. The molecule has 5 heteroatoms. The summed E-state index contributed by atoms with van der Waals surface area (Å²) in [5.74, 6) is 1.52. The summed E-state index contributed by atoms with van der Waals surface area (Å²) in [6, 6.07) is 7.75. The highest BCUT2D eigenvalue weighted by Gasteiger charge is 2.10. The third kappa shape index (κ3) is 4.10. The quantitative estimate of drug-likeness (QED) is 0.890. The number of aryl methyl sites for hydroxylation is 2. The Morgan fingerprint density at radius 3 is 2.59 bits per heavy atom. The zero-order valence-corrected chi connectivity index (χ0v) is 13.5. The maximum atomic E-state index is 11.9. The normalized spacial score (nSPS) is 10.8. The molecule has 0 atom stereocenters. The van der Waals surface area contributed by atoms with Crippen molar-refractivity contribution in [1.82, 2.24) is 10.5 Å². The second kappa shape index (κ2) is 7.11. The molecule has 22 heavy (non-hydrogen) atoms. The van der Waals surface area contributed by atoms with Crippen LogP contribution in [-0.2, 0) is 11.3 Å². The molecular weight excluding hydrogens is 280 g/mol. The van der Waals surface area contributed by atoms with Crippen LogP contribution in [0.1, 0.15) is 42.3 Å². The summed E-state index contributed by atoms with van der Waals surface area (Å²) in [6.07, 6.45) is 0. The summed E-state index contributed by atoms with van der Waals surface area (Å²) in [6.45, 7) is 8.30. The standard InChI is InChI=1S/C17H22N2O3/c1-11(2)15-8-14(22-19-15)9-18-16(20)10-21-17-12(3)6-5-7-13(17)4/h5-8,11H,9-10H2,1-4H3,(H,18,20). The van der Waals surface area contributed by atoms with E-state index in [-0.39, 0.29) is 12.5 Å². The van der Waals surface area contributed by atoms with E-state index in [9.17, 15) is 4.79 Å². The van der Waals surface area contributed by atoms with Crippen LogP contribution in [0.5, 0.6) is 5.75 Å². The van der Waals surface area contributed by atoms with Gasteiger partial charge in [-0.15, -0.1) is 0 Å². The van der Waals surface area contributed by atoms with Gasteiger partial charge in [-0.05, 0) is 30.9 Å². The van der Waals surface area contributed by atoms with E-state index in [1.165, 1.54) is 0 Å². The summed E-state index contributed by atoms with van der Waals surface area (Å²) in [5.41, 5.74) is 2.92. The van der Waals surface area contributed by atoms with Gasteiger partial charge in [-0.2, -0.15) is 0 Å². The number of hydrogen-bond donors (Lipinski definition) is 1. The molecule has 1 amide bonds. The number of amides is 1. The van der Waals surface area contributed by atoms with E-state index in [4.69, 9.17) is 9.26 Å². The lowest BCUT2D eigenvalue weighted by Gasteiger charge is -2.11. The fourth-order valence-corrected chi connectivity index (χ4v) is 2.09. The molecule has 1 aromatic heterocycles. The second-order valence-corrected chi connectivity index (χ2v) is 5.66. The first-order chi connectivity index (χ1) is 10.5. The van der Waals surface area contributed by atoms with Crippen molar-refractivity contribution in [3.8, 4) is 5.75 Å². The van der Waals surface area contributed by atoms with Crippen LogP contribution in [0.3, 0.4) is 0 Å². The van der Waals surface area contributed by atoms with Gasteiger partial charge < -0.3 is 14.6 Å². The van der Waals surface area contributed by atoms with Crippen molar-refractivity contribution in [1.29, 1.82) is 0 Å². The molecule has 0 saturated heterocycles. The Bertz CT molecular complexity index is 627. The van der Waals surface area contributed by atoms with Crippen molar-refractivity contribution in [2.24, 2.45) is 0 Å². The van der Waals surface area contributed by atoms with E-state index in [2.05, 4.69) is 10.5 Å². The molecule has 0 saturated carbocycles. The highest BCUT2D eigenvalue weighted by molar-refractivity contribution is 5.77. The van der Waals surface area contributed by atoms with E-state index in [1.807, 2.05) is 52.0 Å².